The highest BCUT2D eigenvalue weighted by Crippen LogP contribution is 2.37. The van der Waals surface area contributed by atoms with Crippen LogP contribution in [0.3, 0.4) is 0 Å². The van der Waals surface area contributed by atoms with Crippen LogP contribution in [0.5, 0.6) is 0 Å². The Bertz CT molecular complexity index is 2350. The Labute approximate surface area is 308 Å². The molecule has 2 aromatic heterocycles. The highest BCUT2D eigenvalue weighted by molar-refractivity contribution is 6.37. The van der Waals surface area contributed by atoms with E-state index in [9.17, 15) is 9.59 Å². The lowest BCUT2D eigenvalue weighted by molar-refractivity contribution is 0.102. The van der Waals surface area contributed by atoms with Gasteiger partial charge in [-0.1, -0.05) is 88.9 Å². The van der Waals surface area contributed by atoms with Crippen molar-refractivity contribution >= 4 is 91.4 Å². The summed E-state index contributed by atoms with van der Waals surface area (Å²) in [7, 11) is 0. The van der Waals surface area contributed by atoms with E-state index in [0.29, 0.717) is 98.0 Å². The molecular formula is C40H26Cl4N4O2. The molecule has 2 amide bonds. The van der Waals surface area contributed by atoms with Crippen LogP contribution in [-0.2, 0) is 0 Å². The number of amides is 2. The predicted octanol–water partition coefficient (Wildman–Crippen LogP) is 11.9. The molecule has 2 N–H and O–H groups in total. The van der Waals surface area contributed by atoms with Crippen LogP contribution in [0.4, 0.5) is 11.4 Å². The summed E-state index contributed by atoms with van der Waals surface area (Å²) in [6.07, 6.45) is 0. The number of carbonyl (C=O) groups is 2. The third-order valence-corrected chi connectivity index (χ3v) is 9.57. The van der Waals surface area contributed by atoms with Gasteiger partial charge in [0.25, 0.3) is 11.8 Å². The van der Waals surface area contributed by atoms with Gasteiger partial charge in [0.2, 0.25) is 0 Å². The SMILES string of the molecule is Cc1c(-c2ccc(Cl)cc2Cl)nc2ccccc2c1C(=O)Nc1cccc(NC(=O)c2c(C)c(-c3ccc(Cl)cc3Cl)nc3ccccc23)c1. The highest BCUT2D eigenvalue weighted by Gasteiger charge is 2.22. The van der Waals surface area contributed by atoms with Crippen LogP contribution in [-0.4, -0.2) is 21.8 Å². The van der Waals surface area contributed by atoms with Crippen LogP contribution in [0.15, 0.2) is 109 Å². The third-order valence-electron chi connectivity index (χ3n) is 8.48. The predicted molar refractivity (Wildman–Crippen MR) is 206 cm³/mol. The maximum absolute atomic E-state index is 14.0. The summed E-state index contributed by atoms with van der Waals surface area (Å²) in [6, 6.07) is 32.3. The first-order valence-electron chi connectivity index (χ1n) is 15.5. The summed E-state index contributed by atoms with van der Waals surface area (Å²) in [5.74, 6) is -0.673. The van der Waals surface area contributed by atoms with Gasteiger partial charge in [-0.25, -0.2) is 9.97 Å². The molecular weight excluding hydrogens is 710 g/mol. The molecule has 7 rings (SSSR count). The van der Waals surface area contributed by atoms with Gasteiger partial charge in [-0.15, -0.1) is 0 Å². The quantitative estimate of drug-likeness (QED) is 0.178. The minimum Gasteiger partial charge on any atom is -0.322 e. The first-order valence-corrected chi connectivity index (χ1v) is 17.0. The minimum absolute atomic E-state index is 0.337. The zero-order valence-corrected chi connectivity index (χ0v) is 29.6. The van der Waals surface area contributed by atoms with Gasteiger partial charge in [0, 0.05) is 43.3 Å². The third kappa shape index (κ3) is 6.39. The molecule has 7 aromatic rings. The first-order chi connectivity index (χ1) is 24.1. The minimum atomic E-state index is -0.337. The fourth-order valence-electron chi connectivity index (χ4n) is 6.15. The Hall–Kier alpha value is -4.98. The number of aromatic nitrogens is 2. The van der Waals surface area contributed by atoms with Crippen LogP contribution < -0.4 is 10.6 Å². The van der Waals surface area contributed by atoms with E-state index in [1.165, 1.54) is 0 Å². The van der Waals surface area contributed by atoms with Crippen molar-refractivity contribution in [1.82, 2.24) is 9.97 Å². The Kier molecular flexibility index (Phi) is 9.21. The summed E-state index contributed by atoms with van der Waals surface area (Å²) in [5.41, 5.74) is 6.99. The van der Waals surface area contributed by atoms with Gasteiger partial charge < -0.3 is 10.6 Å². The van der Waals surface area contributed by atoms with Crippen molar-refractivity contribution in [3.8, 4) is 22.5 Å². The molecule has 50 heavy (non-hydrogen) atoms. The molecule has 10 heteroatoms. The number of nitrogens with zero attached hydrogens (tertiary/aromatic N) is 2. The summed E-state index contributed by atoms with van der Waals surface area (Å²) < 4.78 is 0. The van der Waals surface area contributed by atoms with Crippen molar-refractivity contribution in [1.29, 1.82) is 0 Å². The number of pyridine rings is 2. The molecule has 0 saturated carbocycles. The smallest absolute Gasteiger partial charge is 0.256 e. The Morgan fingerprint density at radius 1 is 0.520 bits per heavy atom. The zero-order chi connectivity index (χ0) is 35.1. The largest absolute Gasteiger partial charge is 0.322 e. The van der Waals surface area contributed by atoms with E-state index >= 15 is 0 Å². The fourth-order valence-corrected chi connectivity index (χ4v) is 7.15. The molecule has 0 bridgehead atoms. The molecule has 0 saturated heterocycles. The molecule has 0 fully saturated rings. The molecule has 0 spiro atoms. The van der Waals surface area contributed by atoms with Crippen molar-refractivity contribution < 1.29 is 9.59 Å². The normalized spacial score (nSPS) is 11.2. The van der Waals surface area contributed by atoms with Gasteiger partial charge >= 0.3 is 0 Å². The summed E-state index contributed by atoms with van der Waals surface area (Å²) in [4.78, 5) is 37.8. The van der Waals surface area contributed by atoms with E-state index in [0.717, 1.165) is 0 Å². The average Bonchev–Trinajstić information content (AvgIpc) is 3.08. The van der Waals surface area contributed by atoms with E-state index in [4.69, 9.17) is 56.4 Å². The number of carbonyl (C=O) groups excluding carboxylic acids is 2. The molecule has 0 aliphatic heterocycles. The molecule has 246 valence electrons. The number of hydrogen-bond donors (Lipinski definition) is 2. The summed E-state index contributed by atoms with van der Waals surface area (Å²) in [5, 5.41) is 9.29. The number of nitrogens with one attached hydrogen (secondary N) is 2. The van der Waals surface area contributed by atoms with Crippen molar-refractivity contribution in [3.05, 3.63) is 152 Å². The number of benzene rings is 5. The van der Waals surface area contributed by atoms with Crippen LogP contribution in [0.25, 0.3) is 44.3 Å². The van der Waals surface area contributed by atoms with E-state index in [1.54, 1.807) is 60.7 Å². The van der Waals surface area contributed by atoms with Crippen LogP contribution in [0.1, 0.15) is 31.8 Å². The molecule has 5 aromatic carbocycles. The molecule has 0 unspecified atom stereocenters. The second-order valence-corrected chi connectivity index (χ2v) is 13.4. The van der Waals surface area contributed by atoms with Gasteiger partial charge in [-0.2, -0.15) is 0 Å². The number of fused-ring (bicyclic) bond motifs is 2. The zero-order valence-electron chi connectivity index (χ0n) is 26.6. The van der Waals surface area contributed by atoms with Crippen LogP contribution >= 0.6 is 46.4 Å². The molecule has 0 atom stereocenters. The lowest BCUT2D eigenvalue weighted by Gasteiger charge is -2.17. The number of rotatable bonds is 6. The van der Waals surface area contributed by atoms with Crippen LogP contribution in [0, 0.1) is 13.8 Å². The summed E-state index contributed by atoms with van der Waals surface area (Å²) >= 11 is 25.5. The Morgan fingerprint density at radius 2 is 0.940 bits per heavy atom. The second kappa shape index (κ2) is 13.7. The van der Waals surface area contributed by atoms with Crippen molar-refractivity contribution in [2.45, 2.75) is 13.8 Å². The average molecular weight is 736 g/mol. The highest BCUT2D eigenvalue weighted by atomic mass is 35.5. The van der Waals surface area contributed by atoms with E-state index < -0.39 is 0 Å². The molecule has 2 heterocycles. The number of para-hydroxylation sites is 2. The summed E-state index contributed by atoms with van der Waals surface area (Å²) in [6.45, 7) is 3.69. The molecule has 6 nitrogen and oxygen atoms in total. The number of anilines is 2. The van der Waals surface area contributed by atoms with E-state index in [2.05, 4.69) is 10.6 Å². The lowest BCUT2D eigenvalue weighted by Crippen LogP contribution is -2.17. The van der Waals surface area contributed by atoms with Gasteiger partial charge in [0.15, 0.2) is 0 Å². The fraction of sp³-hybridized carbons (Fsp3) is 0.0500. The number of hydrogen-bond acceptors (Lipinski definition) is 4. The van der Waals surface area contributed by atoms with Crippen molar-refractivity contribution in [3.63, 3.8) is 0 Å². The standard InChI is InChI=1S/C40H26Cl4N4O2/c1-21-35(29-10-3-5-12-33(29)47-37(21)27-16-14-23(41)18-31(27)43)39(49)45-25-8-7-9-26(20-25)46-40(50)36-22(2)38(28-17-15-24(42)19-32(28)44)48-34-13-6-4-11-30(34)36/h3-20H,1-2H3,(H,45,49)(H,46,50). The van der Waals surface area contributed by atoms with Gasteiger partial charge in [-0.3, -0.25) is 9.59 Å². The Morgan fingerprint density at radius 3 is 1.36 bits per heavy atom. The number of halogens is 4. The monoisotopic (exact) mass is 734 g/mol. The maximum Gasteiger partial charge on any atom is 0.256 e. The topological polar surface area (TPSA) is 84.0 Å². The van der Waals surface area contributed by atoms with Gasteiger partial charge in [-0.05, 0) is 91.7 Å². The molecule has 0 aliphatic rings. The second-order valence-electron chi connectivity index (χ2n) is 11.7. The van der Waals surface area contributed by atoms with Crippen LogP contribution in [0.2, 0.25) is 20.1 Å². The van der Waals surface area contributed by atoms with Crippen molar-refractivity contribution in [2.75, 3.05) is 10.6 Å². The van der Waals surface area contributed by atoms with Gasteiger partial charge in [0.1, 0.15) is 0 Å². The Balaban J connectivity index is 1.22. The molecule has 0 radical (unpaired) electrons. The lowest BCUT2D eigenvalue weighted by atomic mass is 9.97. The van der Waals surface area contributed by atoms with Gasteiger partial charge in [0.05, 0.1) is 43.6 Å². The first kappa shape index (κ1) is 33.5. The molecule has 0 aliphatic carbocycles. The van der Waals surface area contributed by atoms with Crippen molar-refractivity contribution in [2.24, 2.45) is 0 Å². The van der Waals surface area contributed by atoms with E-state index in [1.807, 2.05) is 62.4 Å². The van der Waals surface area contributed by atoms with E-state index in [-0.39, 0.29) is 11.8 Å². The maximum atomic E-state index is 14.0.